The van der Waals surface area contributed by atoms with Gasteiger partial charge in [0.2, 0.25) is 0 Å². The van der Waals surface area contributed by atoms with Crippen LogP contribution in [-0.4, -0.2) is 19.6 Å². The van der Waals surface area contributed by atoms with Crippen molar-refractivity contribution < 1.29 is 0 Å². The van der Waals surface area contributed by atoms with Crippen LogP contribution in [0.25, 0.3) is 0 Å². The first kappa shape index (κ1) is 12.2. The summed E-state index contributed by atoms with van der Waals surface area (Å²) >= 11 is 0. The quantitative estimate of drug-likeness (QED) is 0.832. The molecule has 0 aliphatic heterocycles. The lowest BCUT2D eigenvalue weighted by atomic mass is 9.89. The molecule has 2 aliphatic rings. The molecule has 1 aromatic rings. The van der Waals surface area contributed by atoms with E-state index in [1.54, 1.807) is 11.1 Å². The van der Waals surface area contributed by atoms with Crippen molar-refractivity contribution in [3.8, 4) is 0 Å². The number of likely N-dealkylation sites (N-methyl/N-ethyl adjacent to an activating group) is 1. The molecule has 0 amide bonds. The summed E-state index contributed by atoms with van der Waals surface area (Å²) in [6, 6.07) is 8.35. The molecular formula is C16H24N2. The summed E-state index contributed by atoms with van der Waals surface area (Å²) in [5.74, 6) is 0. The Morgan fingerprint density at radius 3 is 2.67 bits per heavy atom. The van der Waals surface area contributed by atoms with E-state index < -0.39 is 0 Å². The van der Waals surface area contributed by atoms with E-state index in [0.29, 0.717) is 6.04 Å². The van der Waals surface area contributed by atoms with E-state index in [4.69, 9.17) is 0 Å². The van der Waals surface area contributed by atoms with Crippen LogP contribution in [0.1, 0.15) is 48.4 Å². The zero-order valence-electron chi connectivity index (χ0n) is 11.3. The highest BCUT2D eigenvalue weighted by Crippen LogP contribution is 2.25. The standard InChI is InChI=1S/C16H24N2/c1-17-16(11-18-15-8-9-15)14-7-6-12-4-2-3-5-13(12)10-14/h6-7,10,15-18H,2-5,8-9,11H2,1H3. The van der Waals surface area contributed by atoms with Crippen molar-refractivity contribution in [2.75, 3.05) is 13.6 Å². The van der Waals surface area contributed by atoms with Gasteiger partial charge in [-0.05, 0) is 62.3 Å². The Balaban J connectivity index is 1.71. The summed E-state index contributed by atoms with van der Waals surface area (Å²) in [6.45, 7) is 1.06. The summed E-state index contributed by atoms with van der Waals surface area (Å²) in [6.07, 6.45) is 8.00. The van der Waals surface area contributed by atoms with E-state index in [1.807, 2.05) is 0 Å². The largest absolute Gasteiger partial charge is 0.312 e. The SMILES string of the molecule is CNC(CNC1CC1)c1ccc2c(c1)CCCC2. The monoisotopic (exact) mass is 244 g/mol. The van der Waals surface area contributed by atoms with Gasteiger partial charge in [-0.15, -0.1) is 0 Å². The predicted molar refractivity (Wildman–Crippen MR) is 75.9 cm³/mol. The summed E-state index contributed by atoms with van der Waals surface area (Å²) < 4.78 is 0. The molecule has 2 heteroatoms. The Morgan fingerprint density at radius 1 is 1.17 bits per heavy atom. The molecule has 0 radical (unpaired) electrons. The number of rotatable bonds is 5. The molecule has 2 nitrogen and oxygen atoms in total. The lowest BCUT2D eigenvalue weighted by Gasteiger charge is -2.21. The summed E-state index contributed by atoms with van der Waals surface area (Å²) in [5, 5.41) is 7.07. The fourth-order valence-corrected chi connectivity index (χ4v) is 2.93. The Bertz CT molecular complexity index is 410. The van der Waals surface area contributed by atoms with Gasteiger partial charge in [0, 0.05) is 18.6 Å². The number of fused-ring (bicyclic) bond motifs is 1. The van der Waals surface area contributed by atoms with Gasteiger partial charge in [-0.3, -0.25) is 0 Å². The number of benzene rings is 1. The average Bonchev–Trinajstić information content (AvgIpc) is 3.23. The van der Waals surface area contributed by atoms with Crippen molar-refractivity contribution in [1.82, 2.24) is 10.6 Å². The Labute approximate surface area is 110 Å². The number of hydrogen-bond donors (Lipinski definition) is 2. The summed E-state index contributed by atoms with van der Waals surface area (Å²) in [5.41, 5.74) is 4.62. The van der Waals surface area contributed by atoms with E-state index in [9.17, 15) is 0 Å². The summed E-state index contributed by atoms with van der Waals surface area (Å²) in [4.78, 5) is 0. The first-order valence-corrected chi connectivity index (χ1v) is 7.39. The third-order valence-corrected chi connectivity index (χ3v) is 4.31. The molecule has 1 fully saturated rings. The van der Waals surface area contributed by atoms with E-state index in [2.05, 4.69) is 35.9 Å². The van der Waals surface area contributed by atoms with Crippen LogP contribution in [0.15, 0.2) is 18.2 Å². The highest BCUT2D eigenvalue weighted by Gasteiger charge is 2.22. The van der Waals surface area contributed by atoms with Crippen LogP contribution in [0.4, 0.5) is 0 Å². The zero-order valence-corrected chi connectivity index (χ0v) is 11.3. The van der Waals surface area contributed by atoms with Crippen LogP contribution >= 0.6 is 0 Å². The first-order valence-electron chi connectivity index (χ1n) is 7.39. The molecule has 0 spiro atoms. The Hall–Kier alpha value is -0.860. The molecule has 0 bridgehead atoms. The third kappa shape index (κ3) is 2.76. The molecule has 0 heterocycles. The Kier molecular flexibility index (Phi) is 3.67. The molecule has 2 N–H and O–H groups in total. The topological polar surface area (TPSA) is 24.1 Å². The van der Waals surface area contributed by atoms with E-state index in [0.717, 1.165) is 12.6 Å². The van der Waals surface area contributed by atoms with Gasteiger partial charge in [0.1, 0.15) is 0 Å². The maximum atomic E-state index is 3.62. The van der Waals surface area contributed by atoms with Crippen molar-refractivity contribution in [3.63, 3.8) is 0 Å². The van der Waals surface area contributed by atoms with Gasteiger partial charge in [0.25, 0.3) is 0 Å². The fraction of sp³-hybridized carbons (Fsp3) is 0.625. The van der Waals surface area contributed by atoms with Crippen molar-refractivity contribution in [3.05, 3.63) is 34.9 Å². The molecule has 18 heavy (non-hydrogen) atoms. The highest BCUT2D eigenvalue weighted by atomic mass is 15.0. The minimum atomic E-state index is 0.456. The van der Waals surface area contributed by atoms with E-state index in [-0.39, 0.29) is 0 Å². The number of nitrogens with one attached hydrogen (secondary N) is 2. The molecule has 2 aliphatic carbocycles. The van der Waals surface area contributed by atoms with Crippen molar-refractivity contribution in [2.24, 2.45) is 0 Å². The molecule has 0 saturated heterocycles. The van der Waals surface area contributed by atoms with E-state index >= 15 is 0 Å². The van der Waals surface area contributed by atoms with Crippen LogP contribution in [0, 0.1) is 0 Å². The smallest absolute Gasteiger partial charge is 0.0444 e. The van der Waals surface area contributed by atoms with E-state index in [1.165, 1.54) is 44.1 Å². The molecular weight excluding hydrogens is 220 g/mol. The third-order valence-electron chi connectivity index (χ3n) is 4.31. The molecule has 0 aromatic heterocycles. The number of hydrogen-bond acceptors (Lipinski definition) is 2. The second kappa shape index (κ2) is 5.41. The fourth-order valence-electron chi connectivity index (χ4n) is 2.93. The first-order chi connectivity index (χ1) is 8.86. The van der Waals surface area contributed by atoms with Crippen molar-refractivity contribution in [2.45, 2.75) is 50.6 Å². The normalized spacial score (nSPS) is 20.5. The van der Waals surface area contributed by atoms with Crippen molar-refractivity contribution >= 4 is 0 Å². The van der Waals surface area contributed by atoms with Gasteiger partial charge in [-0.1, -0.05) is 18.2 Å². The predicted octanol–water partition coefficient (Wildman–Crippen LogP) is 2.58. The van der Waals surface area contributed by atoms with Gasteiger partial charge in [-0.25, -0.2) is 0 Å². The van der Waals surface area contributed by atoms with Crippen LogP contribution < -0.4 is 10.6 Å². The lowest BCUT2D eigenvalue weighted by Crippen LogP contribution is -2.30. The maximum Gasteiger partial charge on any atom is 0.0444 e. The van der Waals surface area contributed by atoms with Gasteiger partial charge < -0.3 is 10.6 Å². The van der Waals surface area contributed by atoms with Gasteiger partial charge >= 0.3 is 0 Å². The molecule has 98 valence electrons. The Morgan fingerprint density at radius 2 is 1.94 bits per heavy atom. The van der Waals surface area contributed by atoms with Gasteiger partial charge in [-0.2, -0.15) is 0 Å². The van der Waals surface area contributed by atoms with Gasteiger partial charge in [0.15, 0.2) is 0 Å². The molecule has 1 saturated carbocycles. The molecule has 1 unspecified atom stereocenters. The van der Waals surface area contributed by atoms with Crippen LogP contribution in [0.3, 0.4) is 0 Å². The summed E-state index contributed by atoms with van der Waals surface area (Å²) in [7, 11) is 2.07. The van der Waals surface area contributed by atoms with Crippen LogP contribution in [0.5, 0.6) is 0 Å². The molecule has 1 atom stereocenters. The zero-order chi connectivity index (χ0) is 12.4. The van der Waals surface area contributed by atoms with Crippen molar-refractivity contribution in [1.29, 1.82) is 0 Å². The second-order valence-electron chi connectivity index (χ2n) is 5.76. The molecule has 3 rings (SSSR count). The van der Waals surface area contributed by atoms with Crippen LogP contribution in [0.2, 0.25) is 0 Å². The number of aryl methyl sites for hydroxylation is 2. The van der Waals surface area contributed by atoms with Crippen LogP contribution in [-0.2, 0) is 12.8 Å². The second-order valence-corrected chi connectivity index (χ2v) is 5.76. The lowest BCUT2D eigenvalue weighted by molar-refractivity contribution is 0.525. The van der Waals surface area contributed by atoms with Gasteiger partial charge in [0.05, 0.1) is 0 Å². The highest BCUT2D eigenvalue weighted by molar-refractivity contribution is 5.35. The maximum absolute atomic E-state index is 3.62. The minimum Gasteiger partial charge on any atom is -0.312 e. The average molecular weight is 244 g/mol. The minimum absolute atomic E-state index is 0.456. The molecule has 1 aromatic carbocycles.